The Labute approximate surface area is 102 Å². The molecule has 1 unspecified atom stereocenters. The van der Waals surface area contributed by atoms with Gasteiger partial charge < -0.3 is 9.64 Å². The number of hydrogen-bond acceptors (Lipinski definition) is 2. The maximum atomic E-state index is 11.8. The minimum Gasteiger partial charge on any atom is -0.497 e. The van der Waals surface area contributed by atoms with Gasteiger partial charge in [-0.25, -0.2) is 0 Å². The van der Waals surface area contributed by atoms with Gasteiger partial charge in [-0.15, -0.1) is 0 Å². The lowest BCUT2D eigenvalue weighted by Crippen LogP contribution is -2.38. The molecule has 17 heavy (non-hydrogen) atoms. The minimum atomic E-state index is 0.178. The molecular formula is C14H19NO2. The van der Waals surface area contributed by atoms with Crippen LogP contribution in [0.25, 0.3) is 0 Å². The van der Waals surface area contributed by atoms with Crippen LogP contribution in [-0.4, -0.2) is 24.5 Å². The van der Waals surface area contributed by atoms with Crippen molar-refractivity contribution in [2.75, 3.05) is 13.7 Å². The minimum absolute atomic E-state index is 0.178. The lowest BCUT2D eigenvalue weighted by Gasteiger charge is -2.35. The fraction of sp³-hybridized carbons (Fsp3) is 0.500. The summed E-state index contributed by atoms with van der Waals surface area (Å²) in [6, 6.07) is 6.31. The van der Waals surface area contributed by atoms with E-state index < -0.39 is 0 Å². The molecule has 2 rings (SSSR count). The summed E-state index contributed by atoms with van der Waals surface area (Å²) >= 11 is 0. The number of fused-ring (bicyclic) bond motifs is 1. The Hall–Kier alpha value is -1.51. The molecule has 92 valence electrons. The molecule has 0 aliphatic carbocycles. The summed E-state index contributed by atoms with van der Waals surface area (Å²) in [4.78, 5) is 13.8. The Bertz CT molecular complexity index is 428. The van der Waals surface area contributed by atoms with Crippen molar-refractivity contribution in [2.24, 2.45) is 0 Å². The van der Waals surface area contributed by atoms with Gasteiger partial charge in [0.05, 0.1) is 13.2 Å². The Balaban J connectivity index is 2.30. The van der Waals surface area contributed by atoms with Crippen molar-refractivity contribution in [3.05, 3.63) is 29.3 Å². The predicted octanol–water partition coefficient (Wildman–Crippen LogP) is 2.55. The molecular weight excluding hydrogens is 214 g/mol. The lowest BCUT2D eigenvalue weighted by molar-refractivity contribution is -0.133. The summed E-state index contributed by atoms with van der Waals surface area (Å²) in [5, 5.41) is 0. The van der Waals surface area contributed by atoms with Gasteiger partial charge in [0.2, 0.25) is 5.91 Å². The third-order valence-electron chi connectivity index (χ3n) is 3.51. The van der Waals surface area contributed by atoms with E-state index >= 15 is 0 Å². The Kier molecular flexibility index (Phi) is 3.36. The van der Waals surface area contributed by atoms with Gasteiger partial charge in [0.15, 0.2) is 0 Å². The summed E-state index contributed by atoms with van der Waals surface area (Å²) in [6.45, 7) is 4.82. The van der Waals surface area contributed by atoms with Crippen LogP contribution in [0.5, 0.6) is 5.75 Å². The third-order valence-corrected chi connectivity index (χ3v) is 3.51. The first-order chi connectivity index (χ1) is 8.17. The van der Waals surface area contributed by atoms with Crippen molar-refractivity contribution < 1.29 is 9.53 Å². The molecule has 1 aromatic carbocycles. The number of benzene rings is 1. The summed E-state index contributed by atoms with van der Waals surface area (Å²) < 4.78 is 5.23. The van der Waals surface area contributed by atoms with Crippen molar-refractivity contribution >= 4 is 5.91 Å². The Morgan fingerprint density at radius 3 is 2.94 bits per heavy atom. The molecule has 1 amide bonds. The van der Waals surface area contributed by atoms with Crippen LogP contribution >= 0.6 is 0 Å². The highest BCUT2D eigenvalue weighted by atomic mass is 16.5. The quantitative estimate of drug-likeness (QED) is 0.785. The van der Waals surface area contributed by atoms with Gasteiger partial charge in [-0.1, -0.05) is 13.0 Å². The van der Waals surface area contributed by atoms with Crippen molar-refractivity contribution in [1.82, 2.24) is 4.90 Å². The molecule has 0 radical (unpaired) electrons. The van der Waals surface area contributed by atoms with Crippen molar-refractivity contribution in [3.63, 3.8) is 0 Å². The maximum absolute atomic E-state index is 11.8. The second-order valence-electron chi connectivity index (χ2n) is 4.43. The van der Waals surface area contributed by atoms with E-state index in [-0.39, 0.29) is 11.9 Å². The molecule has 3 nitrogen and oxygen atoms in total. The third kappa shape index (κ3) is 2.14. The van der Waals surface area contributed by atoms with E-state index in [0.29, 0.717) is 6.42 Å². The number of carbonyl (C=O) groups is 1. The van der Waals surface area contributed by atoms with E-state index in [1.54, 1.807) is 7.11 Å². The van der Waals surface area contributed by atoms with Crippen LogP contribution in [0, 0.1) is 0 Å². The molecule has 1 aromatic rings. The first-order valence-electron chi connectivity index (χ1n) is 6.13. The number of hydrogen-bond donors (Lipinski definition) is 0. The average molecular weight is 233 g/mol. The molecule has 1 heterocycles. The highest BCUT2D eigenvalue weighted by Crippen LogP contribution is 2.31. The summed E-state index contributed by atoms with van der Waals surface area (Å²) in [5.41, 5.74) is 2.55. The van der Waals surface area contributed by atoms with E-state index in [1.165, 1.54) is 11.1 Å². The molecule has 1 aliphatic heterocycles. The van der Waals surface area contributed by atoms with Gasteiger partial charge >= 0.3 is 0 Å². The fourth-order valence-corrected chi connectivity index (χ4v) is 2.48. The highest BCUT2D eigenvalue weighted by molar-refractivity contribution is 5.76. The normalized spacial score (nSPS) is 18.8. The van der Waals surface area contributed by atoms with Crippen molar-refractivity contribution in [3.8, 4) is 5.75 Å². The number of methoxy groups -OCH3 is 1. The number of amides is 1. The van der Waals surface area contributed by atoms with Crippen LogP contribution in [0.3, 0.4) is 0 Å². The second kappa shape index (κ2) is 4.78. The molecule has 0 N–H and O–H groups in total. The molecule has 3 heteroatoms. The zero-order valence-electron chi connectivity index (χ0n) is 10.7. The van der Waals surface area contributed by atoms with Crippen LogP contribution in [0.4, 0.5) is 0 Å². The Morgan fingerprint density at radius 1 is 1.53 bits per heavy atom. The number of rotatable bonds is 2. The Morgan fingerprint density at radius 2 is 2.29 bits per heavy atom. The molecule has 0 saturated heterocycles. The van der Waals surface area contributed by atoms with Gasteiger partial charge in [-0.3, -0.25) is 4.79 Å². The van der Waals surface area contributed by atoms with Crippen LogP contribution < -0.4 is 4.74 Å². The summed E-state index contributed by atoms with van der Waals surface area (Å²) in [6.07, 6.45) is 1.50. The first kappa shape index (κ1) is 12.0. The van der Waals surface area contributed by atoms with Crippen LogP contribution in [0.1, 0.15) is 37.4 Å². The molecule has 0 spiro atoms. The van der Waals surface area contributed by atoms with Crippen molar-refractivity contribution in [1.29, 1.82) is 0 Å². The summed E-state index contributed by atoms with van der Waals surface area (Å²) in [5.74, 6) is 1.13. The molecule has 0 bridgehead atoms. The average Bonchev–Trinajstić information content (AvgIpc) is 2.38. The topological polar surface area (TPSA) is 29.5 Å². The van der Waals surface area contributed by atoms with Gasteiger partial charge in [-0.2, -0.15) is 0 Å². The van der Waals surface area contributed by atoms with E-state index in [2.05, 4.69) is 19.1 Å². The SMILES string of the molecule is CCC(=O)N1CCc2cc(OC)ccc2C1C. The van der Waals surface area contributed by atoms with Gasteiger partial charge in [-0.05, 0) is 36.6 Å². The predicted molar refractivity (Wildman–Crippen MR) is 67.1 cm³/mol. The van der Waals surface area contributed by atoms with E-state index in [9.17, 15) is 4.79 Å². The molecule has 1 aliphatic rings. The number of carbonyl (C=O) groups excluding carboxylic acids is 1. The van der Waals surface area contributed by atoms with Crippen LogP contribution in [0.15, 0.2) is 18.2 Å². The molecule has 0 saturated carbocycles. The van der Waals surface area contributed by atoms with E-state index in [0.717, 1.165) is 18.7 Å². The zero-order chi connectivity index (χ0) is 12.4. The van der Waals surface area contributed by atoms with E-state index in [4.69, 9.17) is 4.74 Å². The smallest absolute Gasteiger partial charge is 0.222 e. The highest BCUT2D eigenvalue weighted by Gasteiger charge is 2.26. The van der Waals surface area contributed by atoms with Gasteiger partial charge in [0.25, 0.3) is 0 Å². The molecule has 0 fully saturated rings. The monoisotopic (exact) mass is 233 g/mol. The number of nitrogens with zero attached hydrogens (tertiary/aromatic N) is 1. The van der Waals surface area contributed by atoms with Gasteiger partial charge in [0.1, 0.15) is 5.75 Å². The molecule has 0 aromatic heterocycles. The molecule has 1 atom stereocenters. The standard InChI is InChI=1S/C14H19NO2/c1-4-14(16)15-8-7-11-9-12(17-3)5-6-13(11)10(15)2/h5-6,9-10H,4,7-8H2,1-3H3. The zero-order valence-corrected chi connectivity index (χ0v) is 10.7. The second-order valence-corrected chi connectivity index (χ2v) is 4.43. The van der Waals surface area contributed by atoms with E-state index in [1.807, 2.05) is 17.9 Å². The van der Waals surface area contributed by atoms with Crippen LogP contribution in [-0.2, 0) is 11.2 Å². The van der Waals surface area contributed by atoms with Crippen molar-refractivity contribution in [2.45, 2.75) is 32.7 Å². The maximum Gasteiger partial charge on any atom is 0.222 e. The first-order valence-corrected chi connectivity index (χ1v) is 6.13. The lowest BCUT2D eigenvalue weighted by atomic mass is 9.93. The largest absolute Gasteiger partial charge is 0.497 e. The van der Waals surface area contributed by atoms with Gasteiger partial charge in [0, 0.05) is 13.0 Å². The fourth-order valence-electron chi connectivity index (χ4n) is 2.48. The number of ether oxygens (including phenoxy) is 1. The van der Waals surface area contributed by atoms with Crippen LogP contribution in [0.2, 0.25) is 0 Å². The summed E-state index contributed by atoms with van der Waals surface area (Å²) in [7, 11) is 1.68.